The van der Waals surface area contributed by atoms with Gasteiger partial charge < -0.3 is 19.5 Å². The number of carbonyl (C=O) groups is 2. The third-order valence-electron chi connectivity index (χ3n) is 4.53. The Labute approximate surface area is 182 Å². The first-order valence-corrected chi connectivity index (χ1v) is 10.0. The van der Waals surface area contributed by atoms with Gasteiger partial charge >= 0.3 is 0 Å². The van der Waals surface area contributed by atoms with Gasteiger partial charge in [0, 0.05) is 5.56 Å². The van der Waals surface area contributed by atoms with Gasteiger partial charge in [-0.1, -0.05) is 43.7 Å². The molecule has 0 aliphatic heterocycles. The Hall–Kier alpha value is -3.55. The zero-order valence-electron chi connectivity index (χ0n) is 18.4. The number of methoxy groups -OCH3 is 3. The van der Waals surface area contributed by atoms with Crippen LogP contribution in [0.2, 0.25) is 0 Å². The fourth-order valence-electron chi connectivity index (χ4n) is 2.88. The number of carbonyl (C=O) groups excluding carboxylic acids is 2. The smallest absolute Gasteiger partial charge is 0.259 e. The Kier molecular flexibility index (Phi) is 9.35. The molecule has 0 saturated carbocycles. The first-order chi connectivity index (χ1) is 15.0. The van der Waals surface area contributed by atoms with Crippen molar-refractivity contribution in [2.24, 2.45) is 5.10 Å². The van der Waals surface area contributed by atoms with Gasteiger partial charge in [-0.15, -0.1) is 0 Å². The van der Waals surface area contributed by atoms with E-state index in [1.54, 1.807) is 0 Å². The minimum absolute atomic E-state index is 0.227. The number of nitrogens with zero attached hydrogens (tertiary/aromatic N) is 1. The van der Waals surface area contributed by atoms with E-state index in [-0.39, 0.29) is 12.1 Å². The van der Waals surface area contributed by atoms with Crippen molar-refractivity contribution in [3.63, 3.8) is 0 Å². The van der Waals surface area contributed by atoms with Gasteiger partial charge in [-0.2, -0.15) is 5.10 Å². The summed E-state index contributed by atoms with van der Waals surface area (Å²) in [5.74, 6) is 0.210. The van der Waals surface area contributed by atoms with Crippen LogP contribution in [0.15, 0.2) is 47.6 Å². The van der Waals surface area contributed by atoms with Crippen LogP contribution in [0.5, 0.6) is 17.2 Å². The second-order valence-electron chi connectivity index (χ2n) is 6.66. The third kappa shape index (κ3) is 6.74. The van der Waals surface area contributed by atoms with Crippen LogP contribution in [0.3, 0.4) is 0 Å². The summed E-state index contributed by atoms with van der Waals surface area (Å²) in [7, 11) is 4.41. The van der Waals surface area contributed by atoms with E-state index in [2.05, 4.69) is 22.8 Å². The number of hydrogen-bond donors (Lipinski definition) is 2. The molecule has 0 aliphatic rings. The molecular formula is C23H29N3O5. The minimum Gasteiger partial charge on any atom is -0.493 e. The fraction of sp³-hybridized carbons (Fsp3) is 0.348. The summed E-state index contributed by atoms with van der Waals surface area (Å²) in [5.41, 5.74) is 4.56. The molecule has 2 amide bonds. The standard InChI is InChI=1S/C23H29N3O5/c1-5-6-12-18(16-10-8-7-9-11-16)25-26-21(27)15-24-23(28)17-13-19(29-2)22(31-4)20(14-17)30-3/h7-11,13-14H,5-6,12,15H2,1-4H3,(H,24,28)(H,26,27)/b25-18-. The van der Waals surface area contributed by atoms with E-state index < -0.39 is 11.8 Å². The van der Waals surface area contributed by atoms with Crippen LogP contribution < -0.4 is 25.0 Å². The quantitative estimate of drug-likeness (QED) is 0.424. The van der Waals surface area contributed by atoms with Gasteiger partial charge in [-0.05, 0) is 30.5 Å². The zero-order valence-corrected chi connectivity index (χ0v) is 18.4. The number of hydrogen-bond acceptors (Lipinski definition) is 6. The van der Waals surface area contributed by atoms with Crippen LogP contribution in [0, 0.1) is 0 Å². The van der Waals surface area contributed by atoms with Gasteiger partial charge in [0.15, 0.2) is 11.5 Å². The van der Waals surface area contributed by atoms with E-state index in [4.69, 9.17) is 14.2 Å². The van der Waals surface area contributed by atoms with Gasteiger partial charge in [0.05, 0.1) is 33.6 Å². The van der Waals surface area contributed by atoms with E-state index in [1.807, 2.05) is 30.3 Å². The molecule has 0 fully saturated rings. The summed E-state index contributed by atoms with van der Waals surface area (Å²) in [6.45, 7) is 1.87. The highest BCUT2D eigenvalue weighted by molar-refractivity contribution is 6.01. The van der Waals surface area contributed by atoms with Gasteiger partial charge in [0.2, 0.25) is 5.75 Å². The van der Waals surface area contributed by atoms with Crippen molar-refractivity contribution in [1.82, 2.24) is 10.7 Å². The molecule has 2 aromatic rings. The number of hydrazone groups is 1. The summed E-state index contributed by atoms with van der Waals surface area (Å²) in [5, 5.41) is 6.84. The molecule has 166 valence electrons. The van der Waals surface area contributed by atoms with Crippen molar-refractivity contribution in [2.45, 2.75) is 26.2 Å². The minimum atomic E-state index is -0.451. The molecule has 0 aliphatic carbocycles. The van der Waals surface area contributed by atoms with Crippen LogP contribution in [0.1, 0.15) is 42.1 Å². The van der Waals surface area contributed by atoms with Crippen molar-refractivity contribution >= 4 is 17.5 Å². The summed E-state index contributed by atoms with van der Waals surface area (Å²) in [4.78, 5) is 24.7. The van der Waals surface area contributed by atoms with E-state index in [1.165, 1.54) is 33.5 Å². The molecule has 0 atom stereocenters. The Morgan fingerprint density at radius 2 is 1.58 bits per heavy atom. The Bertz CT molecular complexity index is 888. The van der Waals surface area contributed by atoms with Gasteiger partial charge in [-0.3, -0.25) is 9.59 Å². The third-order valence-corrected chi connectivity index (χ3v) is 4.53. The highest BCUT2D eigenvalue weighted by Gasteiger charge is 2.17. The second kappa shape index (κ2) is 12.2. The maximum atomic E-state index is 12.5. The first kappa shape index (κ1) is 23.7. The number of nitrogens with one attached hydrogen (secondary N) is 2. The van der Waals surface area contributed by atoms with Crippen LogP contribution in [0.25, 0.3) is 0 Å². The van der Waals surface area contributed by atoms with E-state index in [9.17, 15) is 9.59 Å². The van der Waals surface area contributed by atoms with Crippen molar-refractivity contribution in [3.8, 4) is 17.2 Å². The Morgan fingerprint density at radius 3 is 2.13 bits per heavy atom. The van der Waals surface area contributed by atoms with Crippen LogP contribution >= 0.6 is 0 Å². The molecule has 2 rings (SSSR count). The lowest BCUT2D eigenvalue weighted by molar-refractivity contribution is -0.120. The van der Waals surface area contributed by atoms with Crippen LogP contribution in [-0.4, -0.2) is 45.4 Å². The summed E-state index contributed by atoms with van der Waals surface area (Å²) < 4.78 is 15.8. The molecule has 0 bridgehead atoms. The van der Waals surface area contributed by atoms with Crippen molar-refractivity contribution in [3.05, 3.63) is 53.6 Å². The average molecular weight is 428 g/mol. The van der Waals surface area contributed by atoms with Gasteiger partial charge in [0.25, 0.3) is 11.8 Å². The number of rotatable bonds is 11. The number of unbranched alkanes of at least 4 members (excludes halogenated alkanes) is 1. The van der Waals surface area contributed by atoms with Crippen molar-refractivity contribution in [2.75, 3.05) is 27.9 Å². The number of ether oxygens (including phenoxy) is 3. The molecule has 0 heterocycles. The molecule has 0 saturated heterocycles. The molecular weight excluding hydrogens is 398 g/mol. The fourth-order valence-corrected chi connectivity index (χ4v) is 2.88. The van der Waals surface area contributed by atoms with Crippen LogP contribution in [0.4, 0.5) is 0 Å². The lowest BCUT2D eigenvalue weighted by atomic mass is 10.1. The average Bonchev–Trinajstić information content (AvgIpc) is 2.81. The maximum Gasteiger partial charge on any atom is 0.259 e. The predicted molar refractivity (Wildman–Crippen MR) is 119 cm³/mol. The number of benzene rings is 2. The van der Waals surface area contributed by atoms with Crippen LogP contribution in [-0.2, 0) is 4.79 Å². The van der Waals surface area contributed by atoms with Gasteiger partial charge in [-0.25, -0.2) is 5.43 Å². The SMILES string of the molecule is CCCC/C(=N/NC(=O)CNC(=O)c1cc(OC)c(OC)c(OC)c1)c1ccccc1. The van der Waals surface area contributed by atoms with E-state index in [0.717, 1.165) is 30.5 Å². The molecule has 8 heteroatoms. The van der Waals surface area contributed by atoms with Gasteiger partial charge in [0.1, 0.15) is 0 Å². The maximum absolute atomic E-state index is 12.5. The highest BCUT2D eigenvalue weighted by Crippen LogP contribution is 2.38. The zero-order chi connectivity index (χ0) is 22.6. The summed E-state index contributed by atoms with van der Waals surface area (Å²) in [6.07, 6.45) is 2.73. The molecule has 0 unspecified atom stereocenters. The number of amides is 2. The molecule has 2 aromatic carbocycles. The summed E-state index contributed by atoms with van der Waals surface area (Å²) >= 11 is 0. The topological polar surface area (TPSA) is 98.3 Å². The highest BCUT2D eigenvalue weighted by atomic mass is 16.5. The Balaban J connectivity index is 2.03. The largest absolute Gasteiger partial charge is 0.493 e. The van der Waals surface area contributed by atoms with E-state index >= 15 is 0 Å². The Morgan fingerprint density at radius 1 is 0.935 bits per heavy atom. The molecule has 8 nitrogen and oxygen atoms in total. The molecule has 2 N–H and O–H groups in total. The normalized spacial score (nSPS) is 10.9. The molecule has 31 heavy (non-hydrogen) atoms. The summed E-state index contributed by atoms with van der Waals surface area (Å²) in [6, 6.07) is 12.7. The molecule has 0 spiro atoms. The monoisotopic (exact) mass is 427 g/mol. The lowest BCUT2D eigenvalue weighted by Crippen LogP contribution is -2.35. The van der Waals surface area contributed by atoms with Crippen molar-refractivity contribution in [1.29, 1.82) is 0 Å². The lowest BCUT2D eigenvalue weighted by Gasteiger charge is -2.14. The molecule has 0 radical (unpaired) electrons. The van der Waals surface area contributed by atoms with Crippen molar-refractivity contribution < 1.29 is 23.8 Å². The predicted octanol–water partition coefficient (Wildman–Crippen LogP) is 3.15. The molecule has 0 aromatic heterocycles. The second-order valence-corrected chi connectivity index (χ2v) is 6.66. The first-order valence-electron chi connectivity index (χ1n) is 10.0. The van der Waals surface area contributed by atoms with E-state index in [0.29, 0.717) is 17.2 Å².